The van der Waals surface area contributed by atoms with E-state index >= 15 is 0 Å². The van der Waals surface area contributed by atoms with Crippen LogP contribution in [0.4, 0.5) is 0 Å². The summed E-state index contributed by atoms with van der Waals surface area (Å²) >= 11 is 0. The lowest BCUT2D eigenvalue weighted by molar-refractivity contribution is -0.140. The summed E-state index contributed by atoms with van der Waals surface area (Å²) < 4.78 is 27.8. The smallest absolute Gasteiger partial charge is 0.322 e. The second-order valence-corrected chi connectivity index (χ2v) is 6.64. The van der Waals surface area contributed by atoms with Crippen LogP contribution in [0.15, 0.2) is 17.3 Å². The van der Waals surface area contributed by atoms with E-state index in [1.165, 1.54) is 17.1 Å². The Hall–Kier alpha value is -1.41. The highest BCUT2D eigenvalue weighted by molar-refractivity contribution is 7.89. The highest BCUT2D eigenvalue weighted by atomic mass is 32.2. The Morgan fingerprint density at radius 1 is 1.37 bits per heavy atom. The molecular weight excluding hydrogens is 270 g/mol. The Bertz CT molecular complexity index is 548. The summed E-state index contributed by atoms with van der Waals surface area (Å²) in [4.78, 5) is 11.0. The maximum absolute atomic E-state index is 12.1. The molecule has 1 rings (SSSR count). The minimum Gasteiger partial charge on any atom is -0.480 e. The second kappa shape index (κ2) is 5.70. The maximum atomic E-state index is 12.1. The van der Waals surface area contributed by atoms with Gasteiger partial charge in [0.05, 0.1) is 6.20 Å². The monoisotopic (exact) mass is 289 g/mol. The van der Waals surface area contributed by atoms with Gasteiger partial charge in [-0.2, -0.15) is 9.82 Å². The van der Waals surface area contributed by atoms with Crippen molar-refractivity contribution in [3.8, 4) is 0 Å². The van der Waals surface area contributed by atoms with Crippen LogP contribution in [0, 0.1) is 5.92 Å². The fourth-order valence-corrected chi connectivity index (χ4v) is 2.72. The third-order valence-electron chi connectivity index (χ3n) is 2.63. The van der Waals surface area contributed by atoms with Gasteiger partial charge in [-0.05, 0) is 19.8 Å². The number of sulfonamides is 1. The van der Waals surface area contributed by atoms with Crippen molar-refractivity contribution >= 4 is 16.0 Å². The molecule has 0 aliphatic rings. The van der Waals surface area contributed by atoms with Crippen LogP contribution in [0.1, 0.15) is 33.7 Å². The number of rotatable bonds is 6. The molecule has 1 atom stereocenters. The summed E-state index contributed by atoms with van der Waals surface area (Å²) in [6.07, 6.45) is 2.59. The maximum Gasteiger partial charge on any atom is 0.322 e. The van der Waals surface area contributed by atoms with Gasteiger partial charge in [-0.25, -0.2) is 8.42 Å². The van der Waals surface area contributed by atoms with Crippen molar-refractivity contribution in [2.45, 2.75) is 44.7 Å². The molecule has 2 N–H and O–H groups in total. The minimum absolute atomic E-state index is 0.0318. The molecule has 0 aliphatic heterocycles. The topological polar surface area (TPSA) is 101 Å². The highest BCUT2D eigenvalue weighted by Crippen LogP contribution is 2.13. The van der Waals surface area contributed by atoms with Crippen molar-refractivity contribution < 1.29 is 18.3 Å². The van der Waals surface area contributed by atoms with Gasteiger partial charge in [-0.1, -0.05) is 13.8 Å². The number of aliphatic carboxylic acids is 1. The molecule has 1 unspecified atom stereocenters. The number of carboxylic acids is 1. The molecule has 0 bridgehead atoms. The third-order valence-corrected chi connectivity index (χ3v) is 4.03. The first kappa shape index (κ1) is 15.6. The van der Waals surface area contributed by atoms with E-state index in [1.54, 1.807) is 13.8 Å². The molecule has 0 aromatic carbocycles. The van der Waals surface area contributed by atoms with E-state index in [0.717, 1.165) is 0 Å². The van der Waals surface area contributed by atoms with Gasteiger partial charge in [0.15, 0.2) is 0 Å². The van der Waals surface area contributed by atoms with Crippen LogP contribution in [0.25, 0.3) is 0 Å². The van der Waals surface area contributed by atoms with Gasteiger partial charge in [0.25, 0.3) is 0 Å². The van der Waals surface area contributed by atoms with Crippen molar-refractivity contribution in [1.29, 1.82) is 0 Å². The van der Waals surface area contributed by atoms with Crippen LogP contribution in [0.3, 0.4) is 0 Å². The Labute approximate surface area is 112 Å². The molecule has 0 radical (unpaired) electrons. The summed E-state index contributed by atoms with van der Waals surface area (Å²) in [7, 11) is -3.88. The van der Waals surface area contributed by atoms with Gasteiger partial charge in [0.1, 0.15) is 10.9 Å². The molecule has 1 aromatic heterocycles. The number of carboxylic acid groups (broad SMARTS) is 1. The van der Waals surface area contributed by atoms with E-state index in [-0.39, 0.29) is 16.9 Å². The van der Waals surface area contributed by atoms with Gasteiger partial charge in [-0.3, -0.25) is 9.48 Å². The zero-order valence-electron chi connectivity index (χ0n) is 11.4. The predicted molar refractivity (Wildman–Crippen MR) is 69.2 cm³/mol. The molecule has 7 nitrogen and oxygen atoms in total. The van der Waals surface area contributed by atoms with Gasteiger partial charge < -0.3 is 5.11 Å². The lowest BCUT2D eigenvalue weighted by Crippen LogP contribution is -2.44. The number of nitrogens with one attached hydrogen (secondary N) is 1. The van der Waals surface area contributed by atoms with Crippen molar-refractivity contribution in [2.75, 3.05) is 0 Å². The van der Waals surface area contributed by atoms with E-state index in [2.05, 4.69) is 9.82 Å². The van der Waals surface area contributed by atoms with Crippen molar-refractivity contribution in [2.24, 2.45) is 5.92 Å². The number of aromatic nitrogens is 2. The molecule has 8 heteroatoms. The molecule has 0 spiro atoms. The zero-order valence-corrected chi connectivity index (χ0v) is 12.2. The lowest BCUT2D eigenvalue weighted by Gasteiger charge is -2.17. The standard InChI is InChI=1S/C11H19N3O4S/c1-7(2)10(11(15)16)13-19(17,18)9-5-12-14(6-9)8(3)4/h5-8,10,13H,1-4H3,(H,15,16). The average molecular weight is 289 g/mol. The van der Waals surface area contributed by atoms with Gasteiger partial charge in [0.2, 0.25) is 10.0 Å². The van der Waals surface area contributed by atoms with E-state index in [4.69, 9.17) is 5.11 Å². The Balaban J connectivity index is 3.00. The Kier molecular flexibility index (Phi) is 4.70. The summed E-state index contributed by atoms with van der Waals surface area (Å²) in [5.41, 5.74) is 0. The number of nitrogens with zero attached hydrogens (tertiary/aromatic N) is 2. The predicted octanol–water partition coefficient (Wildman–Crippen LogP) is 0.851. The average Bonchev–Trinajstić information content (AvgIpc) is 2.75. The first-order valence-electron chi connectivity index (χ1n) is 5.94. The van der Waals surface area contributed by atoms with E-state index in [0.29, 0.717) is 0 Å². The van der Waals surface area contributed by atoms with E-state index in [9.17, 15) is 13.2 Å². The summed E-state index contributed by atoms with van der Waals surface area (Å²) in [5, 5.41) is 12.9. The molecule has 108 valence electrons. The van der Waals surface area contributed by atoms with Crippen LogP contribution >= 0.6 is 0 Å². The largest absolute Gasteiger partial charge is 0.480 e. The number of carbonyl (C=O) groups is 1. The van der Waals surface area contributed by atoms with Crippen LogP contribution < -0.4 is 4.72 Å². The molecule has 0 fully saturated rings. The summed E-state index contributed by atoms with van der Waals surface area (Å²) in [6, 6.07) is -1.13. The van der Waals surface area contributed by atoms with Crippen LogP contribution in [0.5, 0.6) is 0 Å². The minimum atomic E-state index is -3.88. The molecule has 19 heavy (non-hydrogen) atoms. The van der Waals surface area contributed by atoms with E-state index < -0.39 is 22.0 Å². The van der Waals surface area contributed by atoms with E-state index in [1.807, 2.05) is 13.8 Å². The molecule has 0 saturated heterocycles. The molecule has 0 aliphatic carbocycles. The van der Waals surface area contributed by atoms with Crippen LogP contribution in [-0.4, -0.2) is 35.3 Å². The quantitative estimate of drug-likeness (QED) is 0.808. The third kappa shape index (κ3) is 3.77. The molecule has 0 amide bonds. The Morgan fingerprint density at radius 3 is 2.32 bits per heavy atom. The van der Waals surface area contributed by atoms with Crippen molar-refractivity contribution in [3.63, 3.8) is 0 Å². The summed E-state index contributed by atoms with van der Waals surface area (Å²) in [5.74, 6) is -1.55. The second-order valence-electron chi connectivity index (χ2n) is 4.93. The number of hydrogen-bond donors (Lipinski definition) is 2. The lowest BCUT2D eigenvalue weighted by atomic mass is 10.1. The first-order chi connectivity index (χ1) is 8.65. The van der Waals surface area contributed by atoms with Crippen molar-refractivity contribution in [3.05, 3.63) is 12.4 Å². The van der Waals surface area contributed by atoms with Crippen LogP contribution in [0.2, 0.25) is 0 Å². The molecular formula is C11H19N3O4S. The fraction of sp³-hybridized carbons (Fsp3) is 0.636. The van der Waals surface area contributed by atoms with Gasteiger partial charge in [0, 0.05) is 12.2 Å². The van der Waals surface area contributed by atoms with Crippen LogP contribution in [-0.2, 0) is 14.8 Å². The van der Waals surface area contributed by atoms with Gasteiger partial charge >= 0.3 is 5.97 Å². The number of hydrogen-bond acceptors (Lipinski definition) is 4. The van der Waals surface area contributed by atoms with Crippen molar-refractivity contribution in [1.82, 2.24) is 14.5 Å². The highest BCUT2D eigenvalue weighted by Gasteiger charge is 2.28. The zero-order chi connectivity index (χ0) is 14.8. The fourth-order valence-electron chi connectivity index (χ4n) is 1.45. The normalized spacial score (nSPS) is 14.0. The first-order valence-corrected chi connectivity index (χ1v) is 7.42. The molecule has 1 aromatic rings. The Morgan fingerprint density at radius 2 is 1.95 bits per heavy atom. The van der Waals surface area contributed by atoms with Gasteiger partial charge in [-0.15, -0.1) is 0 Å². The SMILES string of the molecule is CC(C)C(NS(=O)(=O)c1cnn(C(C)C)c1)C(=O)O. The summed E-state index contributed by atoms with van der Waals surface area (Å²) in [6.45, 7) is 7.01. The molecule has 1 heterocycles. The molecule has 0 saturated carbocycles.